The van der Waals surface area contributed by atoms with Crippen molar-refractivity contribution < 1.29 is 22.4 Å². The normalized spacial score (nSPS) is 15.1. The minimum absolute atomic E-state index is 0.0212. The van der Waals surface area contributed by atoms with Crippen LogP contribution in [0.2, 0.25) is 0 Å². The minimum atomic E-state index is -3.75. The minimum Gasteiger partial charge on any atom is -0.352 e. The summed E-state index contributed by atoms with van der Waals surface area (Å²) in [6, 6.07) is 12.9. The predicted molar refractivity (Wildman–Crippen MR) is 144 cm³/mol. The number of hydrogen-bond donors (Lipinski definition) is 1. The molecule has 37 heavy (non-hydrogen) atoms. The third-order valence-corrected chi connectivity index (χ3v) is 8.01. The number of hydrogen-bond acceptors (Lipinski definition) is 4. The lowest BCUT2D eigenvalue weighted by atomic mass is 9.95. The maximum Gasteiger partial charge on any atom is 0.242 e. The molecule has 0 aromatic heterocycles. The largest absolute Gasteiger partial charge is 0.352 e. The molecule has 2 amide bonds. The van der Waals surface area contributed by atoms with Gasteiger partial charge in [0, 0.05) is 25.6 Å². The van der Waals surface area contributed by atoms with Gasteiger partial charge in [0.15, 0.2) is 0 Å². The third-order valence-electron chi connectivity index (χ3n) is 6.83. The van der Waals surface area contributed by atoms with E-state index in [1.54, 1.807) is 17.9 Å². The highest BCUT2D eigenvalue weighted by Gasteiger charge is 2.28. The van der Waals surface area contributed by atoms with Gasteiger partial charge >= 0.3 is 0 Å². The van der Waals surface area contributed by atoms with Gasteiger partial charge in [0.25, 0.3) is 0 Å². The first-order valence-electron chi connectivity index (χ1n) is 12.9. The number of sulfonamides is 1. The number of halogens is 1. The van der Waals surface area contributed by atoms with E-state index < -0.39 is 21.9 Å². The highest BCUT2D eigenvalue weighted by Crippen LogP contribution is 2.23. The second kappa shape index (κ2) is 13.0. The fourth-order valence-electron chi connectivity index (χ4n) is 4.79. The third kappa shape index (κ3) is 8.28. The van der Waals surface area contributed by atoms with Crippen LogP contribution in [0.1, 0.15) is 63.0 Å². The second-order valence-corrected chi connectivity index (χ2v) is 11.8. The molecule has 3 rings (SSSR count). The van der Waals surface area contributed by atoms with Crippen LogP contribution in [0.15, 0.2) is 48.5 Å². The van der Waals surface area contributed by atoms with Gasteiger partial charge in [-0.1, -0.05) is 61.2 Å². The highest BCUT2D eigenvalue weighted by molar-refractivity contribution is 7.92. The number of anilines is 1. The average molecular weight is 532 g/mol. The van der Waals surface area contributed by atoms with Crippen molar-refractivity contribution in [3.05, 3.63) is 65.5 Å². The Morgan fingerprint density at radius 1 is 1.08 bits per heavy atom. The number of amides is 2. The molecule has 1 N–H and O–H groups in total. The zero-order chi connectivity index (χ0) is 27.0. The molecule has 0 saturated heterocycles. The van der Waals surface area contributed by atoms with Crippen LogP contribution in [-0.4, -0.2) is 50.0 Å². The Bertz CT molecular complexity index is 1180. The van der Waals surface area contributed by atoms with E-state index in [1.165, 1.54) is 24.6 Å². The van der Waals surface area contributed by atoms with Gasteiger partial charge in [0.1, 0.15) is 11.9 Å². The van der Waals surface area contributed by atoms with Gasteiger partial charge in [-0.15, -0.1) is 0 Å². The second-order valence-electron chi connectivity index (χ2n) is 9.92. The van der Waals surface area contributed by atoms with Crippen LogP contribution < -0.4 is 9.62 Å². The van der Waals surface area contributed by atoms with Crippen LogP contribution in [0, 0.1) is 12.7 Å². The molecular weight excluding hydrogens is 493 g/mol. The number of carbonyl (C=O) groups excluding carboxylic acids is 2. The average Bonchev–Trinajstić information content (AvgIpc) is 2.85. The van der Waals surface area contributed by atoms with Crippen LogP contribution in [0.3, 0.4) is 0 Å². The topological polar surface area (TPSA) is 86.8 Å². The van der Waals surface area contributed by atoms with Crippen LogP contribution >= 0.6 is 0 Å². The molecule has 1 fully saturated rings. The van der Waals surface area contributed by atoms with E-state index in [2.05, 4.69) is 5.32 Å². The predicted octanol–water partition coefficient (Wildman–Crippen LogP) is 4.55. The molecule has 1 atom stereocenters. The number of aryl methyl sites for hydroxylation is 1. The number of para-hydroxylation sites is 1. The molecule has 2 aromatic carbocycles. The summed E-state index contributed by atoms with van der Waals surface area (Å²) in [5.41, 5.74) is 1.92. The van der Waals surface area contributed by atoms with Gasteiger partial charge in [-0.05, 0) is 50.8 Å². The summed E-state index contributed by atoms with van der Waals surface area (Å²) in [6.07, 6.45) is 6.46. The van der Waals surface area contributed by atoms with Crippen molar-refractivity contribution in [1.29, 1.82) is 0 Å². The van der Waals surface area contributed by atoms with Gasteiger partial charge in [0.2, 0.25) is 21.8 Å². The molecule has 0 aliphatic heterocycles. The SMILES string of the molecule is Cc1cccc(CN(C(=O)CCCN(c2ccccc2F)S(C)(=O)=O)[C@H](C)C(=O)NC2CCCCC2)c1. The Labute approximate surface area is 220 Å². The zero-order valence-corrected chi connectivity index (χ0v) is 22.8. The summed E-state index contributed by atoms with van der Waals surface area (Å²) in [7, 11) is -3.75. The van der Waals surface area contributed by atoms with Crippen molar-refractivity contribution in [3.63, 3.8) is 0 Å². The van der Waals surface area contributed by atoms with Gasteiger partial charge in [-0.25, -0.2) is 12.8 Å². The number of carbonyl (C=O) groups is 2. The van der Waals surface area contributed by atoms with E-state index in [9.17, 15) is 22.4 Å². The number of nitrogens with one attached hydrogen (secondary N) is 1. The van der Waals surface area contributed by atoms with Crippen LogP contribution in [0.25, 0.3) is 0 Å². The molecule has 1 saturated carbocycles. The summed E-state index contributed by atoms with van der Waals surface area (Å²) in [5.74, 6) is -1.08. The highest BCUT2D eigenvalue weighted by atomic mass is 32.2. The van der Waals surface area contributed by atoms with Crippen molar-refractivity contribution in [2.24, 2.45) is 0 Å². The Balaban J connectivity index is 1.72. The van der Waals surface area contributed by atoms with Gasteiger partial charge in [-0.3, -0.25) is 13.9 Å². The van der Waals surface area contributed by atoms with Crippen LogP contribution in [0.5, 0.6) is 0 Å². The van der Waals surface area contributed by atoms with Crippen molar-refractivity contribution in [2.45, 2.75) is 77.4 Å². The van der Waals surface area contributed by atoms with Gasteiger partial charge < -0.3 is 10.2 Å². The van der Waals surface area contributed by atoms with Crippen molar-refractivity contribution in [3.8, 4) is 0 Å². The lowest BCUT2D eigenvalue weighted by Gasteiger charge is -2.31. The van der Waals surface area contributed by atoms with E-state index in [-0.39, 0.29) is 49.5 Å². The van der Waals surface area contributed by atoms with Gasteiger partial charge in [-0.2, -0.15) is 0 Å². The fraction of sp³-hybridized carbons (Fsp3) is 0.500. The molecule has 0 unspecified atom stereocenters. The van der Waals surface area contributed by atoms with Crippen molar-refractivity contribution >= 4 is 27.5 Å². The summed E-state index contributed by atoms with van der Waals surface area (Å²) in [4.78, 5) is 28.1. The van der Waals surface area contributed by atoms with Gasteiger partial charge in [0.05, 0.1) is 11.9 Å². The summed E-state index contributed by atoms with van der Waals surface area (Å²) in [6.45, 7) is 3.92. The summed E-state index contributed by atoms with van der Waals surface area (Å²) >= 11 is 0. The van der Waals surface area contributed by atoms with E-state index in [0.29, 0.717) is 0 Å². The maximum atomic E-state index is 14.3. The quantitative estimate of drug-likeness (QED) is 0.461. The lowest BCUT2D eigenvalue weighted by Crippen LogP contribution is -2.50. The van der Waals surface area contributed by atoms with Crippen molar-refractivity contribution in [2.75, 3.05) is 17.1 Å². The number of benzene rings is 2. The molecule has 2 aromatic rings. The van der Waals surface area contributed by atoms with Crippen LogP contribution in [-0.2, 0) is 26.2 Å². The first-order chi connectivity index (χ1) is 17.6. The molecule has 0 radical (unpaired) electrons. The van der Waals surface area contributed by atoms with E-state index in [4.69, 9.17) is 0 Å². The van der Waals surface area contributed by atoms with Crippen molar-refractivity contribution in [1.82, 2.24) is 10.2 Å². The first kappa shape index (κ1) is 28.6. The standard InChI is InChI=1S/C28H38FN3O4S/c1-21-11-9-12-23(19-21)20-31(22(2)28(34)30-24-13-5-4-6-14-24)27(33)17-10-18-32(37(3,35)36)26-16-8-7-15-25(26)29/h7-9,11-12,15-16,19,22,24H,4-6,10,13-14,17-18,20H2,1-3H3,(H,30,34)/t22-/m1/s1. The summed E-state index contributed by atoms with van der Waals surface area (Å²) in [5, 5.41) is 3.11. The molecule has 202 valence electrons. The molecule has 1 aliphatic carbocycles. The maximum absolute atomic E-state index is 14.3. The molecule has 9 heteroatoms. The van der Waals surface area contributed by atoms with E-state index in [0.717, 1.165) is 47.4 Å². The monoisotopic (exact) mass is 531 g/mol. The molecule has 1 aliphatic rings. The van der Waals surface area contributed by atoms with E-state index >= 15 is 0 Å². The number of nitrogens with zero attached hydrogens (tertiary/aromatic N) is 2. The molecule has 0 spiro atoms. The molecule has 7 nitrogen and oxygen atoms in total. The first-order valence-corrected chi connectivity index (χ1v) is 14.8. The smallest absolute Gasteiger partial charge is 0.242 e. The molecule has 0 heterocycles. The Kier molecular flexibility index (Phi) is 10.1. The summed E-state index contributed by atoms with van der Waals surface area (Å²) < 4.78 is 40.0. The number of rotatable bonds is 11. The lowest BCUT2D eigenvalue weighted by molar-refractivity contribution is -0.141. The van der Waals surface area contributed by atoms with Crippen LogP contribution in [0.4, 0.5) is 10.1 Å². The Morgan fingerprint density at radius 2 is 1.78 bits per heavy atom. The fourth-order valence-corrected chi connectivity index (χ4v) is 5.76. The molecular formula is C28H38FN3O4S. The zero-order valence-electron chi connectivity index (χ0n) is 22.0. The van der Waals surface area contributed by atoms with E-state index in [1.807, 2.05) is 31.2 Å². The Hall–Kier alpha value is -2.94. The Morgan fingerprint density at radius 3 is 2.43 bits per heavy atom. The molecule has 0 bridgehead atoms.